The molecule has 170 valence electrons. The summed E-state index contributed by atoms with van der Waals surface area (Å²) in [5.41, 5.74) is 1.77. The van der Waals surface area contributed by atoms with Gasteiger partial charge in [-0.3, -0.25) is 0 Å². The first-order valence-electron chi connectivity index (χ1n) is 9.51. The van der Waals surface area contributed by atoms with E-state index in [2.05, 4.69) is 0 Å². The van der Waals surface area contributed by atoms with Gasteiger partial charge < -0.3 is 9.84 Å². The average Bonchev–Trinajstić information content (AvgIpc) is 2.78. The Morgan fingerprint density at radius 3 is 2.58 bits per heavy atom. The number of carbonyl (C=O) groups is 1. The van der Waals surface area contributed by atoms with E-state index in [4.69, 9.17) is 21.4 Å². The smallest absolute Gasteiger partial charge is 0.341 e. The highest BCUT2D eigenvalue weighted by Crippen LogP contribution is 2.36. The number of halogens is 2. The van der Waals surface area contributed by atoms with Gasteiger partial charge in [0.1, 0.15) is 11.6 Å². The number of benzene rings is 3. The standard InChI is InChI=1S/C23H18ClFN2O5S/c1-27(33(30,31)19-7-3-6-18(25)10-19)13-17-9-20(16-5-2-4-15(8-16)12-26)22(11-21(17)24)32-14-23(28)29/h2-11H,13-14H2,1H3,(H,28,29). The van der Waals surface area contributed by atoms with Crippen molar-refractivity contribution in [3.8, 4) is 22.9 Å². The highest BCUT2D eigenvalue weighted by atomic mass is 35.5. The second kappa shape index (κ2) is 10.0. The zero-order valence-corrected chi connectivity index (χ0v) is 18.9. The molecule has 3 aromatic carbocycles. The topological polar surface area (TPSA) is 108 Å². The number of carboxylic acid groups (broad SMARTS) is 1. The van der Waals surface area contributed by atoms with E-state index in [-0.39, 0.29) is 22.2 Å². The van der Waals surface area contributed by atoms with Crippen LogP contribution in [-0.4, -0.2) is 37.5 Å². The van der Waals surface area contributed by atoms with Gasteiger partial charge in [-0.05, 0) is 53.6 Å². The molecule has 0 spiro atoms. The molecule has 0 aromatic heterocycles. The van der Waals surface area contributed by atoms with Crippen LogP contribution < -0.4 is 4.74 Å². The minimum Gasteiger partial charge on any atom is -0.481 e. The van der Waals surface area contributed by atoms with Crippen LogP contribution in [0.2, 0.25) is 5.02 Å². The van der Waals surface area contributed by atoms with Crippen LogP contribution in [0.5, 0.6) is 5.75 Å². The summed E-state index contributed by atoms with van der Waals surface area (Å²) in [5, 5.41) is 18.3. The molecule has 0 aliphatic heterocycles. The van der Waals surface area contributed by atoms with Crippen molar-refractivity contribution < 1.29 is 27.4 Å². The van der Waals surface area contributed by atoms with Crippen molar-refractivity contribution in [2.75, 3.05) is 13.7 Å². The molecule has 0 saturated carbocycles. The predicted molar refractivity (Wildman–Crippen MR) is 120 cm³/mol. The predicted octanol–water partition coefficient (Wildman–Crippen LogP) is 4.30. The number of carboxylic acids is 1. The summed E-state index contributed by atoms with van der Waals surface area (Å²) in [4.78, 5) is 10.8. The van der Waals surface area contributed by atoms with Crippen LogP contribution in [0.25, 0.3) is 11.1 Å². The lowest BCUT2D eigenvalue weighted by Crippen LogP contribution is -2.26. The number of hydrogen-bond donors (Lipinski definition) is 1. The van der Waals surface area contributed by atoms with Gasteiger partial charge in [0, 0.05) is 24.2 Å². The first-order valence-corrected chi connectivity index (χ1v) is 11.3. The summed E-state index contributed by atoms with van der Waals surface area (Å²) in [7, 11) is -2.68. The second-order valence-corrected chi connectivity index (χ2v) is 9.49. The lowest BCUT2D eigenvalue weighted by Gasteiger charge is -2.20. The van der Waals surface area contributed by atoms with Crippen LogP contribution in [0.3, 0.4) is 0 Å². The van der Waals surface area contributed by atoms with Crippen LogP contribution in [0.4, 0.5) is 4.39 Å². The molecule has 1 N–H and O–H groups in total. The Labute approximate surface area is 195 Å². The molecule has 3 rings (SSSR count). The summed E-state index contributed by atoms with van der Waals surface area (Å²) < 4.78 is 45.7. The SMILES string of the molecule is CN(Cc1cc(-c2cccc(C#N)c2)c(OCC(=O)O)cc1Cl)S(=O)(=O)c1cccc(F)c1. The highest BCUT2D eigenvalue weighted by molar-refractivity contribution is 7.89. The van der Waals surface area contributed by atoms with Gasteiger partial charge in [-0.2, -0.15) is 9.57 Å². The Kier molecular flexibility index (Phi) is 7.33. The largest absolute Gasteiger partial charge is 0.481 e. The van der Waals surface area contributed by atoms with E-state index in [0.717, 1.165) is 16.4 Å². The second-order valence-electron chi connectivity index (χ2n) is 7.03. The summed E-state index contributed by atoms with van der Waals surface area (Å²) >= 11 is 6.37. The Balaban J connectivity index is 2.03. The maximum atomic E-state index is 13.5. The van der Waals surface area contributed by atoms with E-state index in [9.17, 15) is 22.9 Å². The molecule has 0 saturated heterocycles. The minimum atomic E-state index is -4.01. The van der Waals surface area contributed by atoms with Crippen LogP contribution in [-0.2, 0) is 21.4 Å². The molecule has 0 amide bonds. The van der Waals surface area contributed by atoms with E-state index in [1.54, 1.807) is 30.3 Å². The average molecular weight is 489 g/mol. The molecule has 0 aliphatic rings. The Bertz CT molecular complexity index is 1360. The van der Waals surface area contributed by atoms with Gasteiger partial charge in [0.25, 0.3) is 0 Å². The minimum absolute atomic E-state index is 0.150. The van der Waals surface area contributed by atoms with Crippen LogP contribution >= 0.6 is 11.6 Å². The fraction of sp³-hybridized carbons (Fsp3) is 0.130. The zero-order chi connectivity index (χ0) is 24.2. The van der Waals surface area contributed by atoms with Crippen LogP contribution in [0.1, 0.15) is 11.1 Å². The van der Waals surface area contributed by atoms with Crippen molar-refractivity contribution in [2.24, 2.45) is 0 Å². The summed E-state index contributed by atoms with van der Waals surface area (Å²) in [6.45, 7) is -0.768. The fourth-order valence-corrected chi connectivity index (χ4v) is 4.49. The van der Waals surface area contributed by atoms with Gasteiger partial charge in [0.05, 0.1) is 16.5 Å². The molecule has 7 nitrogen and oxygen atoms in total. The van der Waals surface area contributed by atoms with Gasteiger partial charge in [0.2, 0.25) is 10.0 Å². The molecule has 33 heavy (non-hydrogen) atoms. The van der Waals surface area contributed by atoms with Gasteiger partial charge >= 0.3 is 5.97 Å². The Hall–Kier alpha value is -3.45. The third-order valence-corrected chi connectivity index (χ3v) is 6.85. The fourth-order valence-electron chi connectivity index (χ4n) is 3.09. The monoisotopic (exact) mass is 488 g/mol. The van der Waals surface area contributed by atoms with Crippen LogP contribution in [0, 0.1) is 17.1 Å². The first kappa shape index (κ1) is 24.2. The van der Waals surface area contributed by atoms with E-state index < -0.39 is 28.4 Å². The maximum Gasteiger partial charge on any atom is 0.341 e. The highest BCUT2D eigenvalue weighted by Gasteiger charge is 2.23. The summed E-state index contributed by atoms with van der Waals surface area (Å²) in [6.07, 6.45) is 0. The van der Waals surface area contributed by atoms with E-state index in [0.29, 0.717) is 22.3 Å². The van der Waals surface area contributed by atoms with Crippen molar-refractivity contribution in [3.63, 3.8) is 0 Å². The zero-order valence-electron chi connectivity index (χ0n) is 17.3. The number of nitriles is 1. The van der Waals surface area contributed by atoms with Crippen molar-refractivity contribution in [3.05, 3.63) is 82.6 Å². The molecule has 0 atom stereocenters. The van der Waals surface area contributed by atoms with Crippen molar-refractivity contribution in [1.82, 2.24) is 4.31 Å². The van der Waals surface area contributed by atoms with Gasteiger partial charge in [-0.25, -0.2) is 17.6 Å². The van der Waals surface area contributed by atoms with Gasteiger partial charge in [0.15, 0.2) is 6.61 Å². The van der Waals surface area contributed by atoms with Crippen molar-refractivity contribution in [1.29, 1.82) is 5.26 Å². The molecule has 0 radical (unpaired) electrons. The van der Waals surface area contributed by atoms with Gasteiger partial charge in [-0.15, -0.1) is 0 Å². The van der Waals surface area contributed by atoms with E-state index in [1.165, 1.54) is 25.2 Å². The van der Waals surface area contributed by atoms with E-state index >= 15 is 0 Å². The number of hydrogen-bond acceptors (Lipinski definition) is 5. The number of aliphatic carboxylic acids is 1. The normalized spacial score (nSPS) is 11.2. The number of nitrogens with zero attached hydrogens (tertiary/aromatic N) is 2. The van der Waals surface area contributed by atoms with E-state index in [1.807, 2.05) is 6.07 Å². The molecular weight excluding hydrogens is 471 g/mol. The maximum absolute atomic E-state index is 13.5. The van der Waals surface area contributed by atoms with Crippen LogP contribution in [0.15, 0.2) is 65.6 Å². The third kappa shape index (κ3) is 5.68. The quantitative estimate of drug-likeness (QED) is 0.506. The van der Waals surface area contributed by atoms with Gasteiger partial charge in [-0.1, -0.05) is 29.8 Å². The number of sulfonamides is 1. The summed E-state index contributed by atoms with van der Waals surface area (Å²) in [5.74, 6) is -1.70. The van der Waals surface area contributed by atoms with Crippen molar-refractivity contribution in [2.45, 2.75) is 11.4 Å². The molecule has 0 heterocycles. The molecule has 0 aliphatic carbocycles. The Morgan fingerprint density at radius 1 is 1.18 bits per heavy atom. The molecular formula is C23H18ClFN2O5S. The Morgan fingerprint density at radius 2 is 1.91 bits per heavy atom. The molecule has 3 aromatic rings. The third-order valence-electron chi connectivity index (χ3n) is 4.70. The lowest BCUT2D eigenvalue weighted by atomic mass is 10.00. The first-order chi connectivity index (χ1) is 15.6. The lowest BCUT2D eigenvalue weighted by molar-refractivity contribution is -0.139. The molecule has 0 unspecified atom stereocenters. The number of rotatable bonds is 8. The molecule has 0 fully saturated rings. The summed E-state index contributed by atoms with van der Waals surface area (Å²) in [6, 6.07) is 16.2. The number of ether oxygens (including phenoxy) is 1. The van der Waals surface area contributed by atoms with Crippen molar-refractivity contribution >= 4 is 27.6 Å². The molecule has 0 bridgehead atoms. The molecule has 10 heteroatoms.